The van der Waals surface area contributed by atoms with Crippen molar-refractivity contribution < 1.29 is 4.92 Å². The lowest BCUT2D eigenvalue weighted by Gasteiger charge is -2.09. The number of hydrogen-bond donors (Lipinski definition) is 1. The molecule has 0 aliphatic carbocycles. The van der Waals surface area contributed by atoms with Gasteiger partial charge >= 0.3 is 0 Å². The van der Waals surface area contributed by atoms with Gasteiger partial charge in [-0.25, -0.2) is 0 Å². The predicted molar refractivity (Wildman–Crippen MR) is 76.3 cm³/mol. The second-order valence-corrected chi connectivity index (χ2v) is 4.36. The smallest absolute Gasteiger partial charge is 0.272 e. The van der Waals surface area contributed by atoms with Gasteiger partial charge in [0.1, 0.15) is 0 Å². The Morgan fingerprint density at radius 1 is 1.25 bits per heavy atom. The summed E-state index contributed by atoms with van der Waals surface area (Å²) >= 11 is 0. The average molecular weight is 267 g/mol. The summed E-state index contributed by atoms with van der Waals surface area (Å²) in [7, 11) is 0. The lowest BCUT2D eigenvalue weighted by Crippen LogP contribution is -2.03. The summed E-state index contributed by atoms with van der Waals surface area (Å²) < 4.78 is 0. The second kappa shape index (κ2) is 5.85. The number of nitro benzene ring substituents is 1. The van der Waals surface area contributed by atoms with Crippen LogP contribution in [0, 0.1) is 28.4 Å². The van der Waals surface area contributed by atoms with Crippen LogP contribution in [-0.2, 0) is 6.54 Å². The molecule has 0 heterocycles. The van der Waals surface area contributed by atoms with E-state index in [-0.39, 0.29) is 10.6 Å². The fraction of sp³-hybridized carbons (Fsp3) is 0.133. The SMILES string of the molecule is Cc1c(CNc2ccc(C#N)cc2)cccc1[N+](=O)[O-]. The van der Waals surface area contributed by atoms with Gasteiger partial charge in [-0.1, -0.05) is 12.1 Å². The molecular weight excluding hydrogens is 254 g/mol. The van der Waals surface area contributed by atoms with Gasteiger partial charge in [0.2, 0.25) is 0 Å². The van der Waals surface area contributed by atoms with Crippen molar-refractivity contribution in [3.63, 3.8) is 0 Å². The molecular formula is C15H13N3O2. The van der Waals surface area contributed by atoms with Crippen molar-refractivity contribution in [3.05, 3.63) is 69.3 Å². The number of nitrogens with zero attached hydrogens (tertiary/aromatic N) is 2. The first-order valence-electron chi connectivity index (χ1n) is 6.08. The van der Waals surface area contributed by atoms with E-state index in [4.69, 9.17) is 5.26 Å². The van der Waals surface area contributed by atoms with Gasteiger partial charge in [-0.15, -0.1) is 0 Å². The first-order valence-corrected chi connectivity index (χ1v) is 6.08. The molecule has 5 heteroatoms. The fourth-order valence-electron chi connectivity index (χ4n) is 1.92. The lowest BCUT2D eigenvalue weighted by atomic mass is 10.1. The van der Waals surface area contributed by atoms with Crippen LogP contribution < -0.4 is 5.32 Å². The van der Waals surface area contributed by atoms with E-state index in [1.54, 1.807) is 25.1 Å². The van der Waals surface area contributed by atoms with E-state index in [1.807, 2.05) is 18.2 Å². The molecule has 0 aliphatic heterocycles. The summed E-state index contributed by atoms with van der Waals surface area (Å²) in [6.07, 6.45) is 0. The Balaban J connectivity index is 2.13. The fourth-order valence-corrected chi connectivity index (χ4v) is 1.92. The molecule has 0 unspecified atom stereocenters. The van der Waals surface area contributed by atoms with Gasteiger partial charge in [0.25, 0.3) is 5.69 Å². The van der Waals surface area contributed by atoms with E-state index in [0.29, 0.717) is 17.7 Å². The van der Waals surface area contributed by atoms with Crippen LogP contribution in [0.1, 0.15) is 16.7 Å². The van der Waals surface area contributed by atoms with Crippen molar-refractivity contribution in [1.29, 1.82) is 5.26 Å². The Hall–Kier alpha value is -2.87. The van der Waals surface area contributed by atoms with Crippen molar-refractivity contribution in [3.8, 4) is 6.07 Å². The summed E-state index contributed by atoms with van der Waals surface area (Å²) in [6.45, 7) is 2.24. The molecule has 0 aliphatic rings. The number of nitrogens with one attached hydrogen (secondary N) is 1. The standard InChI is InChI=1S/C15H13N3O2/c1-11-13(3-2-4-15(11)18(19)20)10-17-14-7-5-12(9-16)6-8-14/h2-8,17H,10H2,1H3. The van der Waals surface area contributed by atoms with Crippen molar-refractivity contribution in [2.75, 3.05) is 5.32 Å². The number of rotatable bonds is 4. The maximum Gasteiger partial charge on any atom is 0.272 e. The minimum absolute atomic E-state index is 0.129. The molecule has 0 amide bonds. The highest BCUT2D eigenvalue weighted by Crippen LogP contribution is 2.22. The molecule has 0 aromatic heterocycles. The monoisotopic (exact) mass is 267 g/mol. The Kier molecular flexibility index (Phi) is 3.96. The average Bonchev–Trinajstić information content (AvgIpc) is 2.46. The molecule has 2 aromatic carbocycles. The first kappa shape index (κ1) is 13.6. The molecule has 0 atom stereocenters. The third-order valence-electron chi connectivity index (χ3n) is 3.11. The Labute approximate surface area is 116 Å². The van der Waals surface area contributed by atoms with Crippen LogP contribution in [0.2, 0.25) is 0 Å². The lowest BCUT2D eigenvalue weighted by molar-refractivity contribution is -0.385. The van der Waals surface area contributed by atoms with E-state index >= 15 is 0 Å². The number of hydrogen-bond acceptors (Lipinski definition) is 4. The summed E-state index contributed by atoms with van der Waals surface area (Å²) in [5, 5.41) is 22.8. The maximum absolute atomic E-state index is 10.9. The largest absolute Gasteiger partial charge is 0.381 e. The summed E-state index contributed by atoms with van der Waals surface area (Å²) in [5.41, 5.74) is 3.14. The summed E-state index contributed by atoms with van der Waals surface area (Å²) in [4.78, 5) is 10.5. The summed E-state index contributed by atoms with van der Waals surface area (Å²) in [6, 6.07) is 14.2. The number of nitro groups is 1. The van der Waals surface area contributed by atoms with Gasteiger partial charge in [-0.05, 0) is 36.8 Å². The Bertz CT molecular complexity index is 673. The minimum Gasteiger partial charge on any atom is -0.381 e. The molecule has 0 fully saturated rings. The third-order valence-corrected chi connectivity index (χ3v) is 3.11. The van der Waals surface area contributed by atoms with Crippen molar-refractivity contribution in [1.82, 2.24) is 0 Å². The van der Waals surface area contributed by atoms with Crippen LogP contribution in [0.25, 0.3) is 0 Å². The van der Waals surface area contributed by atoms with Crippen LogP contribution in [-0.4, -0.2) is 4.92 Å². The van der Waals surface area contributed by atoms with Gasteiger partial charge in [0.05, 0.1) is 16.6 Å². The third kappa shape index (κ3) is 2.93. The molecule has 0 spiro atoms. The van der Waals surface area contributed by atoms with Crippen LogP contribution in [0.15, 0.2) is 42.5 Å². The van der Waals surface area contributed by atoms with Crippen LogP contribution in [0.4, 0.5) is 11.4 Å². The quantitative estimate of drug-likeness (QED) is 0.680. The molecule has 0 bridgehead atoms. The molecule has 5 nitrogen and oxygen atoms in total. The van der Waals surface area contributed by atoms with Gasteiger partial charge in [0.15, 0.2) is 0 Å². The molecule has 0 saturated carbocycles. The molecule has 0 radical (unpaired) electrons. The van der Waals surface area contributed by atoms with Crippen LogP contribution in [0.5, 0.6) is 0 Å². The highest BCUT2D eigenvalue weighted by Gasteiger charge is 2.12. The minimum atomic E-state index is -0.374. The summed E-state index contributed by atoms with van der Waals surface area (Å²) in [5.74, 6) is 0. The highest BCUT2D eigenvalue weighted by atomic mass is 16.6. The van der Waals surface area contributed by atoms with Crippen LogP contribution >= 0.6 is 0 Å². The zero-order valence-electron chi connectivity index (χ0n) is 11.0. The zero-order chi connectivity index (χ0) is 14.5. The van der Waals surface area contributed by atoms with Gasteiger partial charge in [-0.2, -0.15) is 5.26 Å². The van der Waals surface area contributed by atoms with Gasteiger partial charge < -0.3 is 5.32 Å². The second-order valence-electron chi connectivity index (χ2n) is 4.36. The molecule has 2 aromatic rings. The van der Waals surface area contributed by atoms with Crippen molar-refractivity contribution >= 4 is 11.4 Å². The molecule has 2 rings (SSSR count). The number of anilines is 1. The normalized spacial score (nSPS) is 9.80. The van der Waals surface area contributed by atoms with Crippen LogP contribution in [0.3, 0.4) is 0 Å². The topological polar surface area (TPSA) is 79.0 Å². The van der Waals surface area contributed by atoms with E-state index in [9.17, 15) is 10.1 Å². The predicted octanol–water partition coefficient (Wildman–Crippen LogP) is 3.39. The molecule has 0 saturated heterocycles. The van der Waals surface area contributed by atoms with Crippen molar-refractivity contribution in [2.45, 2.75) is 13.5 Å². The highest BCUT2D eigenvalue weighted by molar-refractivity contribution is 5.50. The van der Waals surface area contributed by atoms with E-state index < -0.39 is 0 Å². The molecule has 20 heavy (non-hydrogen) atoms. The van der Waals surface area contributed by atoms with E-state index in [1.165, 1.54) is 6.07 Å². The first-order chi connectivity index (χ1) is 9.61. The number of benzene rings is 2. The molecule has 100 valence electrons. The van der Waals surface area contributed by atoms with Gasteiger partial charge in [-0.3, -0.25) is 10.1 Å². The number of nitriles is 1. The Morgan fingerprint density at radius 2 is 1.95 bits per heavy atom. The zero-order valence-corrected chi connectivity index (χ0v) is 11.0. The van der Waals surface area contributed by atoms with Gasteiger partial charge in [0, 0.05) is 23.9 Å². The van der Waals surface area contributed by atoms with Crippen molar-refractivity contribution in [2.24, 2.45) is 0 Å². The maximum atomic E-state index is 10.9. The molecule has 1 N–H and O–H groups in total. The van der Waals surface area contributed by atoms with E-state index in [2.05, 4.69) is 11.4 Å². The van der Waals surface area contributed by atoms with E-state index in [0.717, 1.165) is 11.3 Å². The Morgan fingerprint density at radius 3 is 2.55 bits per heavy atom.